The predicted molar refractivity (Wildman–Crippen MR) is 89.2 cm³/mol. The van der Waals surface area contributed by atoms with E-state index in [1.165, 1.54) is 0 Å². The zero-order valence-corrected chi connectivity index (χ0v) is 14.3. The third-order valence-corrected chi connectivity index (χ3v) is 4.69. The van der Waals surface area contributed by atoms with Crippen molar-refractivity contribution in [2.75, 3.05) is 26.2 Å². The Labute approximate surface area is 141 Å². The van der Waals surface area contributed by atoms with Crippen LogP contribution in [0.2, 0.25) is 0 Å². The summed E-state index contributed by atoms with van der Waals surface area (Å²) in [5.74, 6) is 0.938. The summed E-state index contributed by atoms with van der Waals surface area (Å²) in [5, 5.41) is 9.03. The zero-order chi connectivity index (χ0) is 17.3. The van der Waals surface area contributed by atoms with E-state index in [4.69, 9.17) is 5.26 Å². The standard InChI is InChI=1S/C17H22N6O/c1-4-22-7-8-23(12-15(22)16-19-5-6-20(16)2)17(24)14-9-13(10-18)11-21(14)3/h5-6,9,11,15H,4,7-8,12H2,1-3H3/t15-/m1/s1. The van der Waals surface area contributed by atoms with E-state index in [2.05, 4.69) is 22.9 Å². The Bertz CT molecular complexity index is 783. The number of nitriles is 1. The number of rotatable bonds is 3. The van der Waals surface area contributed by atoms with Crippen LogP contribution in [0.25, 0.3) is 0 Å². The molecule has 24 heavy (non-hydrogen) atoms. The fourth-order valence-corrected chi connectivity index (χ4v) is 3.33. The van der Waals surface area contributed by atoms with Crippen molar-refractivity contribution in [2.45, 2.75) is 13.0 Å². The van der Waals surface area contributed by atoms with Gasteiger partial charge in [-0.25, -0.2) is 4.98 Å². The summed E-state index contributed by atoms with van der Waals surface area (Å²) >= 11 is 0. The highest BCUT2D eigenvalue weighted by atomic mass is 16.2. The summed E-state index contributed by atoms with van der Waals surface area (Å²) in [4.78, 5) is 21.6. The van der Waals surface area contributed by atoms with Gasteiger partial charge in [-0.2, -0.15) is 5.26 Å². The Morgan fingerprint density at radius 2 is 2.17 bits per heavy atom. The Morgan fingerprint density at radius 3 is 2.75 bits per heavy atom. The van der Waals surface area contributed by atoms with Gasteiger partial charge in [0.2, 0.25) is 0 Å². The molecule has 1 atom stereocenters. The number of carbonyl (C=O) groups is 1. The van der Waals surface area contributed by atoms with Gasteiger partial charge in [0.15, 0.2) is 0 Å². The lowest BCUT2D eigenvalue weighted by atomic mass is 10.1. The fraction of sp³-hybridized carbons (Fsp3) is 0.471. The van der Waals surface area contributed by atoms with Gasteiger partial charge in [-0.3, -0.25) is 9.69 Å². The van der Waals surface area contributed by atoms with Crippen molar-refractivity contribution in [1.29, 1.82) is 5.26 Å². The third-order valence-electron chi connectivity index (χ3n) is 4.69. The second kappa shape index (κ2) is 6.49. The van der Waals surface area contributed by atoms with Crippen LogP contribution in [-0.2, 0) is 14.1 Å². The van der Waals surface area contributed by atoms with Gasteiger partial charge >= 0.3 is 0 Å². The number of likely N-dealkylation sites (N-methyl/N-ethyl adjacent to an activating group) is 1. The summed E-state index contributed by atoms with van der Waals surface area (Å²) in [5.41, 5.74) is 1.06. The van der Waals surface area contributed by atoms with Crippen LogP contribution < -0.4 is 0 Å². The molecule has 1 fully saturated rings. The SMILES string of the molecule is CCN1CCN(C(=O)c2cc(C#N)cn2C)C[C@@H]1c1nccn1C. The number of hydrogen-bond acceptors (Lipinski definition) is 4. The average molecular weight is 326 g/mol. The summed E-state index contributed by atoms with van der Waals surface area (Å²) < 4.78 is 3.74. The highest BCUT2D eigenvalue weighted by Crippen LogP contribution is 2.25. The molecule has 0 saturated carbocycles. The van der Waals surface area contributed by atoms with E-state index in [-0.39, 0.29) is 11.9 Å². The molecule has 7 nitrogen and oxygen atoms in total. The molecule has 1 saturated heterocycles. The van der Waals surface area contributed by atoms with Gasteiger partial charge in [0.25, 0.3) is 5.91 Å². The van der Waals surface area contributed by atoms with Crippen molar-refractivity contribution in [1.82, 2.24) is 23.9 Å². The van der Waals surface area contributed by atoms with Gasteiger partial charge in [-0.05, 0) is 12.6 Å². The molecule has 7 heteroatoms. The van der Waals surface area contributed by atoms with E-state index < -0.39 is 0 Å². The maximum atomic E-state index is 12.9. The smallest absolute Gasteiger partial charge is 0.270 e. The van der Waals surface area contributed by atoms with Crippen LogP contribution in [0, 0.1) is 11.3 Å². The predicted octanol–water partition coefficient (Wildman–Crippen LogP) is 1.15. The number of aryl methyl sites for hydroxylation is 2. The van der Waals surface area contributed by atoms with Crippen molar-refractivity contribution in [3.63, 3.8) is 0 Å². The van der Waals surface area contributed by atoms with Gasteiger partial charge in [-0.15, -0.1) is 0 Å². The molecule has 126 valence electrons. The average Bonchev–Trinajstić information content (AvgIpc) is 3.19. The second-order valence-corrected chi connectivity index (χ2v) is 6.13. The van der Waals surface area contributed by atoms with Crippen LogP contribution in [0.15, 0.2) is 24.7 Å². The molecule has 3 rings (SSSR count). The minimum Gasteiger partial charge on any atom is -0.345 e. The van der Waals surface area contributed by atoms with Gasteiger partial charge < -0.3 is 14.0 Å². The van der Waals surface area contributed by atoms with E-state index in [1.54, 1.807) is 30.1 Å². The minimum atomic E-state index is -0.0334. The first-order valence-corrected chi connectivity index (χ1v) is 8.12. The first-order valence-electron chi connectivity index (χ1n) is 8.12. The molecule has 0 unspecified atom stereocenters. The van der Waals surface area contributed by atoms with Gasteiger partial charge in [0.1, 0.15) is 17.6 Å². The number of carbonyl (C=O) groups excluding carboxylic acids is 1. The van der Waals surface area contributed by atoms with Gasteiger partial charge in [-0.1, -0.05) is 6.92 Å². The van der Waals surface area contributed by atoms with E-state index in [0.29, 0.717) is 24.3 Å². The molecular formula is C17H22N6O. The first-order chi connectivity index (χ1) is 11.5. The summed E-state index contributed by atoms with van der Waals surface area (Å²) in [6, 6.07) is 3.83. The minimum absolute atomic E-state index is 0.0334. The zero-order valence-electron chi connectivity index (χ0n) is 14.3. The topological polar surface area (TPSA) is 70.1 Å². The molecule has 2 aromatic rings. The summed E-state index contributed by atoms with van der Waals surface area (Å²) in [6.45, 7) is 5.15. The molecule has 3 heterocycles. The number of nitrogens with zero attached hydrogens (tertiary/aromatic N) is 6. The monoisotopic (exact) mass is 326 g/mol. The van der Waals surface area contributed by atoms with Crippen molar-refractivity contribution >= 4 is 5.91 Å². The van der Waals surface area contributed by atoms with E-state index >= 15 is 0 Å². The molecule has 1 amide bonds. The first kappa shape index (κ1) is 16.3. The lowest BCUT2D eigenvalue weighted by molar-refractivity contribution is 0.0464. The van der Waals surface area contributed by atoms with Gasteiger partial charge in [0, 0.05) is 52.3 Å². The lowest BCUT2D eigenvalue weighted by Gasteiger charge is -2.40. The molecule has 0 spiro atoms. The maximum absolute atomic E-state index is 12.9. The molecule has 0 N–H and O–H groups in total. The molecule has 0 radical (unpaired) electrons. The van der Waals surface area contributed by atoms with Crippen LogP contribution in [0.3, 0.4) is 0 Å². The Morgan fingerprint density at radius 1 is 1.38 bits per heavy atom. The van der Waals surface area contributed by atoms with Crippen LogP contribution in [0.5, 0.6) is 0 Å². The van der Waals surface area contributed by atoms with Crippen LogP contribution in [0.4, 0.5) is 0 Å². The lowest BCUT2D eigenvalue weighted by Crippen LogP contribution is -2.51. The Kier molecular flexibility index (Phi) is 4.40. The molecule has 0 aromatic carbocycles. The number of amides is 1. The van der Waals surface area contributed by atoms with E-state index in [1.807, 2.05) is 22.7 Å². The quantitative estimate of drug-likeness (QED) is 0.848. The number of piperazine rings is 1. The maximum Gasteiger partial charge on any atom is 0.270 e. The van der Waals surface area contributed by atoms with Crippen LogP contribution in [0.1, 0.15) is 34.8 Å². The van der Waals surface area contributed by atoms with Crippen molar-refractivity contribution in [2.24, 2.45) is 14.1 Å². The number of imidazole rings is 1. The summed E-state index contributed by atoms with van der Waals surface area (Å²) in [6.07, 6.45) is 5.41. The second-order valence-electron chi connectivity index (χ2n) is 6.13. The number of aromatic nitrogens is 3. The van der Waals surface area contributed by atoms with Crippen LogP contribution >= 0.6 is 0 Å². The molecule has 0 aliphatic carbocycles. The number of hydrogen-bond donors (Lipinski definition) is 0. The Hall–Kier alpha value is -2.59. The molecular weight excluding hydrogens is 304 g/mol. The highest BCUT2D eigenvalue weighted by Gasteiger charge is 2.33. The summed E-state index contributed by atoms with van der Waals surface area (Å²) in [7, 11) is 3.78. The van der Waals surface area contributed by atoms with E-state index in [0.717, 1.165) is 18.9 Å². The van der Waals surface area contributed by atoms with Gasteiger partial charge in [0.05, 0.1) is 11.6 Å². The fourth-order valence-electron chi connectivity index (χ4n) is 3.33. The Balaban J connectivity index is 1.85. The van der Waals surface area contributed by atoms with Crippen molar-refractivity contribution in [3.05, 3.63) is 41.7 Å². The molecule has 2 aromatic heterocycles. The highest BCUT2D eigenvalue weighted by molar-refractivity contribution is 5.93. The van der Waals surface area contributed by atoms with E-state index in [9.17, 15) is 4.79 Å². The van der Waals surface area contributed by atoms with Crippen molar-refractivity contribution < 1.29 is 4.79 Å². The molecule has 1 aliphatic rings. The van der Waals surface area contributed by atoms with Crippen LogP contribution in [-0.4, -0.2) is 56.0 Å². The largest absolute Gasteiger partial charge is 0.345 e. The third kappa shape index (κ3) is 2.81. The molecule has 0 bridgehead atoms. The molecule has 1 aliphatic heterocycles. The normalized spacial score (nSPS) is 18.6. The van der Waals surface area contributed by atoms with Crippen molar-refractivity contribution in [3.8, 4) is 6.07 Å².